The summed E-state index contributed by atoms with van der Waals surface area (Å²) < 4.78 is 13.1. The Morgan fingerprint density at radius 2 is 2.36 bits per heavy atom. The minimum Gasteiger partial charge on any atom is -0.374 e. The van der Waals surface area contributed by atoms with Gasteiger partial charge in [-0.25, -0.2) is 4.39 Å². The summed E-state index contributed by atoms with van der Waals surface area (Å²) in [4.78, 5) is 9.88. The number of hydrogen-bond donors (Lipinski definition) is 1. The Labute approximate surface area is 80.2 Å². The number of benzene rings is 1. The lowest BCUT2D eigenvalue weighted by Gasteiger charge is -2.04. The molecule has 0 atom stereocenters. The van der Waals surface area contributed by atoms with Gasteiger partial charge >= 0.3 is 0 Å². The average molecular weight is 196 g/mol. The van der Waals surface area contributed by atoms with E-state index >= 15 is 0 Å². The fraction of sp³-hybridized carbons (Fsp3) is 0.111. The molecular formula is C9H9FN2O2. The highest BCUT2D eigenvalue weighted by molar-refractivity contribution is 5.62. The second-order valence-corrected chi connectivity index (χ2v) is 2.56. The van der Waals surface area contributed by atoms with Crippen LogP contribution >= 0.6 is 0 Å². The standard InChI is InChI=1S/C9H9FN2O2/c1-2-6-11-9-7(10)4-3-5-8(9)12(13)14/h2-5,11H,1,6H2. The molecule has 0 aliphatic rings. The smallest absolute Gasteiger partial charge is 0.295 e. The molecule has 0 fully saturated rings. The van der Waals surface area contributed by atoms with Crippen LogP contribution in [0.3, 0.4) is 0 Å². The first kappa shape index (κ1) is 10.2. The van der Waals surface area contributed by atoms with Crippen LogP contribution < -0.4 is 5.32 Å². The third-order valence-electron chi connectivity index (χ3n) is 1.61. The van der Waals surface area contributed by atoms with Crippen molar-refractivity contribution in [1.29, 1.82) is 0 Å². The van der Waals surface area contributed by atoms with Crippen LogP contribution in [0.1, 0.15) is 0 Å². The molecule has 1 aromatic carbocycles. The predicted molar refractivity (Wildman–Crippen MR) is 51.7 cm³/mol. The number of nitro benzene ring substituents is 1. The molecule has 1 rings (SSSR count). The number of hydrogen-bond acceptors (Lipinski definition) is 3. The number of rotatable bonds is 4. The summed E-state index contributed by atoms with van der Waals surface area (Å²) in [6.45, 7) is 3.70. The van der Waals surface area contributed by atoms with E-state index in [4.69, 9.17) is 0 Å². The Morgan fingerprint density at radius 1 is 1.64 bits per heavy atom. The van der Waals surface area contributed by atoms with Crippen molar-refractivity contribution in [2.24, 2.45) is 0 Å². The maximum Gasteiger partial charge on any atom is 0.295 e. The van der Waals surface area contributed by atoms with Crippen LogP contribution in [0.5, 0.6) is 0 Å². The molecule has 0 aliphatic carbocycles. The normalized spacial score (nSPS) is 9.50. The van der Waals surface area contributed by atoms with E-state index in [-0.39, 0.29) is 17.9 Å². The number of halogens is 1. The SMILES string of the molecule is C=CCNc1c(F)cccc1[N+](=O)[O-]. The van der Waals surface area contributed by atoms with Crippen LogP contribution in [-0.4, -0.2) is 11.5 Å². The summed E-state index contributed by atoms with van der Waals surface area (Å²) in [5.41, 5.74) is -0.371. The van der Waals surface area contributed by atoms with Gasteiger partial charge in [0.2, 0.25) is 0 Å². The highest BCUT2D eigenvalue weighted by atomic mass is 19.1. The summed E-state index contributed by atoms with van der Waals surface area (Å²) in [6, 6.07) is 3.71. The van der Waals surface area contributed by atoms with Gasteiger partial charge in [0.25, 0.3) is 5.69 Å². The number of nitrogens with one attached hydrogen (secondary N) is 1. The topological polar surface area (TPSA) is 55.2 Å². The molecule has 0 aromatic heterocycles. The summed E-state index contributed by atoms with van der Waals surface area (Å²) in [7, 11) is 0. The van der Waals surface area contributed by atoms with E-state index in [9.17, 15) is 14.5 Å². The lowest BCUT2D eigenvalue weighted by atomic mass is 10.2. The van der Waals surface area contributed by atoms with Crippen molar-refractivity contribution in [2.75, 3.05) is 11.9 Å². The van der Waals surface area contributed by atoms with Crippen molar-refractivity contribution in [3.63, 3.8) is 0 Å². The molecule has 0 radical (unpaired) electrons. The van der Waals surface area contributed by atoms with Crippen molar-refractivity contribution in [3.8, 4) is 0 Å². The molecule has 0 amide bonds. The van der Waals surface area contributed by atoms with Gasteiger partial charge in [0.1, 0.15) is 5.69 Å². The third-order valence-corrected chi connectivity index (χ3v) is 1.61. The van der Waals surface area contributed by atoms with E-state index in [1.54, 1.807) is 0 Å². The zero-order valence-corrected chi connectivity index (χ0v) is 7.37. The zero-order chi connectivity index (χ0) is 10.6. The van der Waals surface area contributed by atoms with Crippen molar-refractivity contribution in [3.05, 3.63) is 46.8 Å². The van der Waals surface area contributed by atoms with Gasteiger partial charge in [-0.1, -0.05) is 12.1 Å². The van der Waals surface area contributed by atoms with E-state index in [0.717, 1.165) is 0 Å². The Morgan fingerprint density at radius 3 is 2.93 bits per heavy atom. The molecule has 0 bridgehead atoms. The maximum absolute atomic E-state index is 13.1. The lowest BCUT2D eigenvalue weighted by molar-refractivity contribution is -0.384. The van der Waals surface area contributed by atoms with Gasteiger partial charge < -0.3 is 5.32 Å². The lowest BCUT2D eigenvalue weighted by Crippen LogP contribution is -2.04. The Kier molecular flexibility index (Phi) is 3.17. The third kappa shape index (κ3) is 2.07. The van der Waals surface area contributed by atoms with E-state index in [1.165, 1.54) is 24.3 Å². The minimum absolute atomic E-state index is 0.0996. The van der Waals surface area contributed by atoms with Gasteiger partial charge in [-0.15, -0.1) is 6.58 Å². The molecule has 0 spiro atoms. The van der Waals surface area contributed by atoms with Crippen molar-refractivity contribution in [1.82, 2.24) is 0 Å². The molecule has 0 heterocycles. The molecule has 74 valence electrons. The van der Waals surface area contributed by atoms with Gasteiger partial charge in [0.15, 0.2) is 5.82 Å². The van der Waals surface area contributed by atoms with Gasteiger partial charge in [-0.2, -0.15) is 0 Å². The van der Waals surface area contributed by atoms with E-state index < -0.39 is 10.7 Å². The number of para-hydroxylation sites is 1. The largest absolute Gasteiger partial charge is 0.374 e. The monoisotopic (exact) mass is 196 g/mol. The van der Waals surface area contributed by atoms with Crippen LogP contribution in [0, 0.1) is 15.9 Å². The predicted octanol–water partition coefficient (Wildman–Crippen LogP) is 2.33. The van der Waals surface area contributed by atoms with Crippen LogP contribution in [-0.2, 0) is 0 Å². The zero-order valence-electron chi connectivity index (χ0n) is 7.37. The number of nitrogens with zero attached hydrogens (tertiary/aromatic N) is 1. The second kappa shape index (κ2) is 4.36. The number of nitro groups is 1. The molecule has 4 nitrogen and oxygen atoms in total. The Balaban J connectivity index is 3.08. The van der Waals surface area contributed by atoms with Crippen LogP contribution in [0.4, 0.5) is 15.8 Å². The molecule has 14 heavy (non-hydrogen) atoms. The van der Waals surface area contributed by atoms with E-state index in [2.05, 4.69) is 11.9 Å². The fourth-order valence-corrected chi connectivity index (χ4v) is 1.01. The van der Waals surface area contributed by atoms with Gasteiger partial charge in [0, 0.05) is 12.6 Å². The summed E-state index contributed by atoms with van der Waals surface area (Å²) >= 11 is 0. The van der Waals surface area contributed by atoms with E-state index in [1.807, 2.05) is 0 Å². The molecule has 1 N–H and O–H groups in total. The van der Waals surface area contributed by atoms with Crippen molar-refractivity contribution >= 4 is 11.4 Å². The summed E-state index contributed by atoms with van der Waals surface area (Å²) in [5.74, 6) is -0.638. The van der Waals surface area contributed by atoms with E-state index in [0.29, 0.717) is 0 Å². The van der Waals surface area contributed by atoms with Crippen LogP contribution in [0.15, 0.2) is 30.9 Å². The first-order valence-corrected chi connectivity index (χ1v) is 3.94. The summed E-state index contributed by atoms with van der Waals surface area (Å²) in [5, 5.41) is 13.1. The quantitative estimate of drug-likeness (QED) is 0.456. The second-order valence-electron chi connectivity index (χ2n) is 2.56. The molecule has 1 aromatic rings. The molecule has 0 unspecified atom stereocenters. The highest BCUT2D eigenvalue weighted by Gasteiger charge is 2.16. The minimum atomic E-state index is -0.638. The first-order chi connectivity index (χ1) is 6.66. The van der Waals surface area contributed by atoms with Gasteiger partial charge in [-0.3, -0.25) is 10.1 Å². The fourth-order valence-electron chi connectivity index (χ4n) is 1.01. The van der Waals surface area contributed by atoms with Crippen molar-refractivity contribution in [2.45, 2.75) is 0 Å². The Bertz CT molecular complexity index is 366. The number of anilines is 1. The molecule has 0 saturated carbocycles. The first-order valence-electron chi connectivity index (χ1n) is 3.94. The molecule has 5 heteroatoms. The maximum atomic E-state index is 13.1. The molecule has 0 aliphatic heterocycles. The van der Waals surface area contributed by atoms with Gasteiger partial charge in [0.05, 0.1) is 4.92 Å². The van der Waals surface area contributed by atoms with Crippen molar-refractivity contribution < 1.29 is 9.31 Å². The van der Waals surface area contributed by atoms with Gasteiger partial charge in [-0.05, 0) is 6.07 Å². The van der Waals surface area contributed by atoms with Crippen LogP contribution in [0.2, 0.25) is 0 Å². The molecular weight excluding hydrogens is 187 g/mol. The highest BCUT2D eigenvalue weighted by Crippen LogP contribution is 2.26. The Hall–Kier alpha value is -1.91. The molecule has 0 saturated heterocycles. The van der Waals surface area contributed by atoms with Crippen LogP contribution in [0.25, 0.3) is 0 Å². The summed E-state index contributed by atoms with van der Waals surface area (Å²) in [6.07, 6.45) is 1.50. The average Bonchev–Trinajstić information content (AvgIpc) is 2.15.